The first-order valence-corrected chi connectivity index (χ1v) is 17.7. The Morgan fingerprint density at radius 3 is 2.30 bits per heavy atom. The fourth-order valence-electron chi connectivity index (χ4n) is 5.01. The van der Waals surface area contributed by atoms with Gasteiger partial charge in [-0.1, -0.05) is 73.2 Å². The van der Waals surface area contributed by atoms with Crippen molar-refractivity contribution in [1.29, 1.82) is 5.26 Å². The van der Waals surface area contributed by atoms with Gasteiger partial charge in [0.1, 0.15) is 16.8 Å². The van der Waals surface area contributed by atoms with Crippen molar-refractivity contribution >= 4 is 63.3 Å². The van der Waals surface area contributed by atoms with Crippen LogP contribution < -0.4 is 20.9 Å². The summed E-state index contributed by atoms with van der Waals surface area (Å²) in [5.41, 5.74) is 6.02. The zero-order valence-electron chi connectivity index (χ0n) is 28.2. The molecule has 1 heterocycles. The largest absolute Gasteiger partial charge is 0.378 e. The standard InChI is InChI=1S/C40H37N5O3S2/c1-5-36(39(48)44-40-33(24-41)34(25-49-40)28-18-14-26(2)15-19-28)50-32-13-9-12-30(23-32)42-38(47)35(43-37(46)29-10-7-6-8-11-29)22-27-16-20-31(21-17-27)45(3)4/h6-23,25,36H,5H2,1-4H3,(H,42,47)(H,43,46)(H,44,48)/b35-22+. The number of hydrogen-bond acceptors (Lipinski definition) is 7. The molecule has 1 atom stereocenters. The number of benzene rings is 4. The normalized spacial score (nSPS) is 11.6. The summed E-state index contributed by atoms with van der Waals surface area (Å²) >= 11 is 2.70. The molecule has 0 saturated heterocycles. The molecular formula is C40H37N5O3S2. The molecule has 5 aromatic rings. The Bertz CT molecular complexity index is 2050. The van der Waals surface area contributed by atoms with Crippen LogP contribution in [0.25, 0.3) is 17.2 Å². The molecule has 0 spiro atoms. The number of hydrogen-bond donors (Lipinski definition) is 3. The second kappa shape index (κ2) is 16.7. The Hall–Kier alpha value is -5.63. The van der Waals surface area contributed by atoms with Gasteiger partial charge in [0.15, 0.2) is 0 Å². The summed E-state index contributed by atoms with van der Waals surface area (Å²) in [5.74, 6) is -1.12. The number of nitriles is 1. The lowest BCUT2D eigenvalue weighted by atomic mass is 10.0. The van der Waals surface area contributed by atoms with Gasteiger partial charge in [0, 0.05) is 46.9 Å². The number of amides is 3. The molecule has 3 N–H and O–H groups in total. The van der Waals surface area contributed by atoms with Crippen LogP contribution in [0.1, 0.15) is 40.4 Å². The van der Waals surface area contributed by atoms with E-state index in [-0.39, 0.29) is 11.6 Å². The second-order valence-electron chi connectivity index (χ2n) is 11.7. The van der Waals surface area contributed by atoms with E-state index in [9.17, 15) is 19.6 Å². The number of carbonyl (C=O) groups excluding carboxylic acids is 3. The van der Waals surface area contributed by atoms with Crippen molar-refractivity contribution in [3.63, 3.8) is 0 Å². The molecule has 0 aliphatic carbocycles. The van der Waals surface area contributed by atoms with Crippen LogP contribution in [0.2, 0.25) is 0 Å². The van der Waals surface area contributed by atoms with Gasteiger partial charge in [0.2, 0.25) is 5.91 Å². The smallest absolute Gasteiger partial charge is 0.272 e. The predicted octanol–water partition coefficient (Wildman–Crippen LogP) is 8.58. The molecule has 0 fully saturated rings. The highest BCUT2D eigenvalue weighted by Crippen LogP contribution is 2.36. The molecule has 0 saturated carbocycles. The molecule has 1 aromatic heterocycles. The first kappa shape index (κ1) is 35.7. The number of rotatable bonds is 12. The molecule has 0 radical (unpaired) electrons. The highest BCUT2D eigenvalue weighted by Gasteiger charge is 2.22. The highest BCUT2D eigenvalue weighted by atomic mass is 32.2. The fraction of sp³-hybridized carbons (Fsp3) is 0.150. The van der Waals surface area contributed by atoms with Crippen LogP contribution in [0.5, 0.6) is 0 Å². The summed E-state index contributed by atoms with van der Waals surface area (Å²) in [7, 11) is 3.89. The van der Waals surface area contributed by atoms with Crippen molar-refractivity contribution in [3.05, 3.63) is 136 Å². The van der Waals surface area contributed by atoms with Gasteiger partial charge in [-0.05, 0) is 73.0 Å². The molecule has 50 heavy (non-hydrogen) atoms. The van der Waals surface area contributed by atoms with E-state index in [2.05, 4.69) is 22.0 Å². The fourth-order valence-corrected chi connectivity index (χ4v) is 6.94. The maximum absolute atomic E-state index is 13.6. The molecule has 1 unspecified atom stereocenters. The number of nitrogens with zero attached hydrogens (tertiary/aromatic N) is 2. The summed E-state index contributed by atoms with van der Waals surface area (Å²) in [5, 5.41) is 20.6. The van der Waals surface area contributed by atoms with Crippen molar-refractivity contribution in [1.82, 2.24) is 5.32 Å². The van der Waals surface area contributed by atoms with Gasteiger partial charge in [0.05, 0.1) is 10.8 Å². The second-order valence-corrected chi connectivity index (χ2v) is 13.8. The maximum atomic E-state index is 13.6. The maximum Gasteiger partial charge on any atom is 0.272 e. The van der Waals surface area contributed by atoms with Crippen LogP contribution in [-0.4, -0.2) is 37.1 Å². The van der Waals surface area contributed by atoms with Gasteiger partial charge in [-0.25, -0.2) is 0 Å². The molecule has 0 aliphatic rings. The summed E-state index contributed by atoms with van der Waals surface area (Å²) in [6.45, 7) is 3.94. The Morgan fingerprint density at radius 1 is 0.920 bits per heavy atom. The zero-order valence-corrected chi connectivity index (χ0v) is 29.8. The van der Waals surface area contributed by atoms with E-state index in [0.717, 1.165) is 32.8 Å². The van der Waals surface area contributed by atoms with Gasteiger partial charge in [0.25, 0.3) is 11.8 Å². The number of carbonyl (C=O) groups is 3. The Kier molecular flexibility index (Phi) is 11.9. The first-order valence-electron chi connectivity index (χ1n) is 16.0. The SMILES string of the molecule is CCC(Sc1cccc(NC(=O)/C(=C\c2ccc(N(C)C)cc2)NC(=O)c2ccccc2)c1)C(=O)Nc1scc(-c2ccc(C)cc2)c1C#N. The average molecular weight is 700 g/mol. The van der Waals surface area contributed by atoms with E-state index in [1.165, 1.54) is 23.1 Å². The molecule has 5 rings (SSSR count). The minimum atomic E-state index is -0.496. The minimum absolute atomic E-state index is 0.0783. The third-order valence-corrected chi connectivity index (χ3v) is 10.0. The number of aryl methyl sites for hydroxylation is 1. The molecule has 0 aliphatic heterocycles. The van der Waals surface area contributed by atoms with Crippen molar-refractivity contribution in [2.75, 3.05) is 29.6 Å². The Labute approximate surface area is 300 Å². The van der Waals surface area contributed by atoms with Crippen LogP contribution in [0, 0.1) is 18.3 Å². The van der Waals surface area contributed by atoms with E-state index in [1.807, 2.05) is 98.9 Å². The van der Waals surface area contributed by atoms with Crippen LogP contribution in [0.4, 0.5) is 16.4 Å². The lowest BCUT2D eigenvalue weighted by Gasteiger charge is -2.16. The lowest BCUT2D eigenvalue weighted by molar-refractivity contribution is -0.116. The molecule has 8 nitrogen and oxygen atoms in total. The third kappa shape index (κ3) is 9.08. The van der Waals surface area contributed by atoms with Gasteiger partial charge in [-0.3, -0.25) is 14.4 Å². The number of thioether (sulfide) groups is 1. The third-order valence-electron chi connectivity index (χ3n) is 7.78. The molecule has 10 heteroatoms. The molecule has 3 amide bonds. The number of anilines is 3. The Morgan fingerprint density at radius 2 is 1.64 bits per heavy atom. The average Bonchev–Trinajstić information content (AvgIpc) is 3.53. The predicted molar refractivity (Wildman–Crippen MR) is 205 cm³/mol. The van der Waals surface area contributed by atoms with E-state index in [4.69, 9.17) is 0 Å². The van der Waals surface area contributed by atoms with E-state index in [0.29, 0.717) is 28.2 Å². The number of thiophene rings is 1. The molecule has 252 valence electrons. The van der Waals surface area contributed by atoms with Crippen molar-refractivity contribution in [3.8, 4) is 17.2 Å². The topological polar surface area (TPSA) is 114 Å². The molecular weight excluding hydrogens is 663 g/mol. The summed E-state index contributed by atoms with van der Waals surface area (Å²) in [6.07, 6.45) is 2.17. The van der Waals surface area contributed by atoms with Gasteiger partial charge < -0.3 is 20.9 Å². The summed E-state index contributed by atoms with van der Waals surface area (Å²) < 4.78 is 0. The summed E-state index contributed by atoms with van der Waals surface area (Å²) in [6, 6.07) is 33.7. The molecule has 4 aromatic carbocycles. The van der Waals surface area contributed by atoms with Gasteiger partial charge >= 0.3 is 0 Å². The van der Waals surface area contributed by atoms with Crippen molar-refractivity contribution < 1.29 is 14.4 Å². The van der Waals surface area contributed by atoms with Gasteiger partial charge in [-0.2, -0.15) is 5.26 Å². The monoisotopic (exact) mass is 699 g/mol. The highest BCUT2D eigenvalue weighted by molar-refractivity contribution is 8.00. The Balaban J connectivity index is 1.31. The van der Waals surface area contributed by atoms with E-state index in [1.54, 1.807) is 48.5 Å². The minimum Gasteiger partial charge on any atom is -0.378 e. The van der Waals surface area contributed by atoms with Crippen LogP contribution in [0.15, 0.2) is 119 Å². The lowest BCUT2D eigenvalue weighted by Crippen LogP contribution is -2.30. The van der Waals surface area contributed by atoms with E-state index >= 15 is 0 Å². The van der Waals surface area contributed by atoms with Crippen LogP contribution >= 0.6 is 23.1 Å². The first-order chi connectivity index (χ1) is 24.1. The summed E-state index contributed by atoms with van der Waals surface area (Å²) in [4.78, 5) is 42.9. The van der Waals surface area contributed by atoms with Crippen molar-refractivity contribution in [2.24, 2.45) is 0 Å². The van der Waals surface area contributed by atoms with Crippen LogP contribution in [0.3, 0.4) is 0 Å². The van der Waals surface area contributed by atoms with Crippen LogP contribution in [-0.2, 0) is 9.59 Å². The van der Waals surface area contributed by atoms with E-state index < -0.39 is 17.1 Å². The van der Waals surface area contributed by atoms with Crippen molar-refractivity contribution in [2.45, 2.75) is 30.4 Å². The molecule has 0 bridgehead atoms. The zero-order chi connectivity index (χ0) is 35.6. The van der Waals surface area contributed by atoms with Gasteiger partial charge in [-0.15, -0.1) is 23.1 Å². The number of nitrogens with one attached hydrogen (secondary N) is 3. The quantitative estimate of drug-likeness (QED) is 0.0888.